The lowest BCUT2D eigenvalue weighted by molar-refractivity contribution is 0.317. The molecule has 1 heterocycles. The van der Waals surface area contributed by atoms with Crippen molar-refractivity contribution in [2.75, 3.05) is 0 Å². The van der Waals surface area contributed by atoms with Gasteiger partial charge >= 0.3 is 0 Å². The first-order valence-corrected chi connectivity index (χ1v) is 6.31. The minimum absolute atomic E-state index is 0.467. The molecule has 18 heavy (non-hydrogen) atoms. The summed E-state index contributed by atoms with van der Waals surface area (Å²) >= 11 is 0. The molecule has 0 atom stereocenters. The van der Waals surface area contributed by atoms with Gasteiger partial charge in [0.1, 0.15) is 0 Å². The molecule has 0 fully saturated rings. The molecule has 0 unspecified atom stereocenters. The van der Waals surface area contributed by atoms with E-state index in [2.05, 4.69) is 42.6 Å². The highest BCUT2D eigenvalue weighted by Gasteiger charge is 2.17. The summed E-state index contributed by atoms with van der Waals surface area (Å²) in [5, 5.41) is 14.0. The van der Waals surface area contributed by atoms with Gasteiger partial charge in [-0.3, -0.25) is 0 Å². The van der Waals surface area contributed by atoms with Crippen molar-refractivity contribution in [3.63, 3.8) is 0 Å². The van der Waals surface area contributed by atoms with E-state index in [0.717, 1.165) is 28.8 Å². The fraction of sp³-hybridized carbons (Fsp3) is 0.400. The second-order valence-corrected chi connectivity index (χ2v) is 5.18. The maximum atomic E-state index is 9.30. The first kappa shape index (κ1) is 12.7. The van der Waals surface area contributed by atoms with E-state index in [0.29, 0.717) is 5.92 Å². The predicted molar refractivity (Wildman–Crippen MR) is 75.4 cm³/mol. The van der Waals surface area contributed by atoms with Crippen LogP contribution in [0.25, 0.3) is 10.9 Å². The first-order valence-electron chi connectivity index (χ1n) is 6.31. The molecule has 3 heteroatoms. The summed E-state index contributed by atoms with van der Waals surface area (Å²) in [6, 6.07) is 8.23. The van der Waals surface area contributed by atoms with Gasteiger partial charge in [-0.1, -0.05) is 37.2 Å². The fourth-order valence-electron chi connectivity index (χ4n) is 2.46. The predicted octanol–water partition coefficient (Wildman–Crippen LogP) is 3.71. The molecule has 2 rings (SSSR count). The summed E-state index contributed by atoms with van der Waals surface area (Å²) in [6.07, 6.45) is 0.783. The summed E-state index contributed by atoms with van der Waals surface area (Å²) in [7, 11) is 2.05. The van der Waals surface area contributed by atoms with Crippen LogP contribution in [0, 0.1) is 12.8 Å². The van der Waals surface area contributed by atoms with E-state index < -0.39 is 0 Å². The van der Waals surface area contributed by atoms with E-state index in [-0.39, 0.29) is 0 Å². The number of aryl methyl sites for hydroxylation is 1. The van der Waals surface area contributed by atoms with Crippen LogP contribution < -0.4 is 0 Å². The van der Waals surface area contributed by atoms with Gasteiger partial charge in [-0.05, 0) is 25.3 Å². The lowest BCUT2D eigenvalue weighted by atomic mass is 9.98. The van der Waals surface area contributed by atoms with Crippen LogP contribution in [0.5, 0.6) is 0 Å². The number of rotatable bonds is 3. The number of nitrogens with zero attached hydrogens (tertiary/aromatic N) is 2. The second kappa shape index (κ2) is 4.84. The quantitative estimate of drug-likeness (QED) is 0.499. The molecule has 0 saturated carbocycles. The average Bonchev–Trinajstić information content (AvgIpc) is 2.60. The minimum atomic E-state index is 0.467. The second-order valence-electron chi connectivity index (χ2n) is 5.18. The zero-order valence-electron chi connectivity index (χ0n) is 11.4. The van der Waals surface area contributed by atoms with E-state index in [1.165, 1.54) is 5.52 Å². The molecular weight excluding hydrogens is 224 g/mol. The normalized spacial score (nSPS) is 12.6. The third-order valence-electron chi connectivity index (χ3n) is 3.41. The average molecular weight is 244 g/mol. The van der Waals surface area contributed by atoms with Crippen molar-refractivity contribution < 1.29 is 5.21 Å². The van der Waals surface area contributed by atoms with Crippen LogP contribution >= 0.6 is 0 Å². The molecule has 0 saturated heterocycles. The largest absolute Gasteiger partial charge is 0.411 e. The summed E-state index contributed by atoms with van der Waals surface area (Å²) in [4.78, 5) is 0. The molecule has 1 aromatic heterocycles. The number of para-hydroxylation sites is 1. The van der Waals surface area contributed by atoms with E-state index in [1.807, 2.05) is 19.2 Å². The maximum absolute atomic E-state index is 9.30. The smallest absolute Gasteiger partial charge is 0.0894 e. The Labute approximate surface area is 108 Å². The van der Waals surface area contributed by atoms with Gasteiger partial charge < -0.3 is 9.77 Å². The molecule has 0 bridgehead atoms. The Balaban J connectivity index is 2.66. The Hall–Kier alpha value is -1.77. The zero-order valence-corrected chi connectivity index (χ0v) is 11.4. The van der Waals surface area contributed by atoms with Crippen LogP contribution in [0.2, 0.25) is 0 Å². The number of benzene rings is 1. The molecule has 2 aromatic rings. The highest BCUT2D eigenvalue weighted by molar-refractivity contribution is 6.12. The fourth-order valence-corrected chi connectivity index (χ4v) is 2.46. The lowest BCUT2D eigenvalue weighted by Gasteiger charge is -2.08. The van der Waals surface area contributed by atoms with E-state index in [1.54, 1.807) is 0 Å². The van der Waals surface area contributed by atoms with Crippen LogP contribution in [0.15, 0.2) is 29.4 Å². The van der Waals surface area contributed by atoms with Gasteiger partial charge in [-0.15, -0.1) is 0 Å². The first-order chi connectivity index (χ1) is 8.56. The van der Waals surface area contributed by atoms with Crippen molar-refractivity contribution in [2.45, 2.75) is 27.2 Å². The van der Waals surface area contributed by atoms with Crippen molar-refractivity contribution in [3.8, 4) is 0 Å². The molecule has 1 aromatic carbocycles. The van der Waals surface area contributed by atoms with Gasteiger partial charge in [0, 0.05) is 29.2 Å². The highest BCUT2D eigenvalue weighted by atomic mass is 16.4. The molecule has 96 valence electrons. The monoisotopic (exact) mass is 244 g/mol. The minimum Gasteiger partial charge on any atom is -0.411 e. The number of aromatic nitrogens is 1. The van der Waals surface area contributed by atoms with E-state index in [4.69, 9.17) is 0 Å². The van der Waals surface area contributed by atoms with Crippen molar-refractivity contribution in [1.29, 1.82) is 0 Å². The van der Waals surface area contributed by atoms with Crippen LogP contribution in [0.1, 0.15) is 31.5 Å². The topological polar surface area (TPSA) is 37.5 Å². The number of hydrogen-bond donors (Lipinski definition) is 1. The Kier molecular flexibility index (Phi) is 3.41. The molecule has 0 aliphatic heterocycles. The van der Waals surface area contributed by atoms with Crippen molar-refractivity contribution in [3.05, 3.63) is 35.5 Å². The number of fused-ring (bicyclic) bond motifs is 1. The molecule has 0 aliphatic rings. The third kappa shape index (κ3) is 2.01. The highest BCUT2D eigenvalue weighted by Crippen LogP contribution is 2.27. The number of oxime groups is 1. The lowest BCUT2D eigenvalue weighted by Crippen LogP contribution is -2.07. The Morgan fingerprint density at radius 2 is 2.00 bits per heavy atom. The van der Waals surface area contributed by atoms with E-state index in [9.17, 15) is 5.21 Å². The Morgan fingerprint density at radius 3 is 2.61 bits per heavy atom. The van der Waals surface area contributed by atoms with E-state index >= 15 is 0 Å². The zero-order chi connectivity index (χ0) is 13.3. The molecule has 0 aliphatic carbocycles. The van der Waals surface area contributed by atoms with Gasteiger partial charge in [0.05, 0.1) is 5.71 Å². The van der Waals surface area contributed by atoms with Gasteiger partial charge in [-0.2, -0.15) is 0 Å². The Bertz CT molecular complexity index is 594. The molecule has 3 nitrogen and oxygen atoms in total. The summed E-state index contributed by atoms with van der Waals surface area (Å²) < 4.78 is 2.15. The van der Waals surface area contributed by atoms with Crippen molar-refractivity contribution in [2.24, 2.45) is 18.1 Å². The van der Waals surface area contributed by atoms with Gasteiger partial charge in [0.25, 0.3) is 0 Å². The van der Waals surface area contributed by atoms with Gasteiger partial charge in [-0.25, -0.2) is 0 Å². The molecule has 0 spiro atoms. The SMILES string of the molecule is Cc1c(/C(CC(C)C)=N\O)c2ccccc2n1C. The van der Waals surface area contributed by atoms with Crippen LogP contribution in [0.4, 0.5) is 0 Å². The standard InChI is InChI=1S/C15H20N2O/c1-10(2)9-13(16-18)15-11(3)17(4)14-8-6-5-7-12(14)15/h5-8,10,18H,9H2,1-4H3/b16-13-. The van der Waals surface area contributed by atoms with Crippen molar-refractivity contribution in [1.82, 2.24) is 4.57 Å². The molecule has 0 radical (unpaired) electrons. The summed E-state index contributed by atoms with van der Waals surface area (Å²) in [6.45, 7) is 6.33. The van der Waals surface area contributed by atoms with Gasteiger partial charge in [0.2, 0.25) is 0 Å². The third-order valence-corrected chi connectivity index (χ3v) is 3.41. The van der Waals surface area contributed by atoms with Crippen LogP contribution in [0.3, 0.4) is 0 Å². The number of hydrogen-bond acceptors (Lipinski definition) is 2. The molecule has 1 N–H and O–H groups in total. The summed E-state index contributed by atoms with van der Waals surface area (Å²) in [5.41, 5.74) is 4.17. The van der Waals surface area contributed by atoms with Crippen LogP contribution in [-0.2, 0) is 7.05 Å². The Morgan fingerprint density at radius 1 is 1.33 bits per heavy atom. The van der Waals surface area contributed by atoms with Crippen LogP contribution in [-0.4, -0.2) is 15.5 Å². The van der Waals surface area contributed by atoms with Crippen molar-refractivity contribution >= 4 is 16.6 Å². The molecule has 0 amide bonds. The maximum Gasteiger partial charge on any atom is 0.0894 e. The summed E-state index contributed by atoms with van der Waals surface area (Å²) in [5.74, 6) is 0.467. The molecular formula is C15H20N2O. The van der Waals surface area contributed by atoms with Gasteiger partial charge in [0.15, 0.2) is 0 Å².